The third kappa shape index (κ3) is 3.71. The van der Waals surface area contributed by atoms with Crippen LogP contribution in [0, 0.1) is 6.92 Å². The van der Waals surface area contributed by atoms with Crippen LogP contribution in [-0.2, 0) is 6.54 Å². The Morgan fingerprint density at radius 2 is 1.96 bits per heavy atom. The molecule has 2 aliphatic rings. The molecule has 2 fully saturated rings. The summed E-state index contributed by atoms with van der Waals surface area (Å²) >= 11 is 0. The van der Waals surface area contributed by atoms with Crippen molar-refractivity contribution in [1.29, 1.82) is 0 Å². The molecule has 3 heterocycles. The molecule has 0 amide bonds. The second-order valence-electron chi connectivity index (χ2n) is 7.10. The number of aromatic nitrogens is 4. The Balaban J connectivity index is 1.53. The summed E-state index contributed by atoms with van der Waals surface area (Å²) in [6.07, 6.45) is 8.04. The lowest BCUT2D eigenvalue weighted by Gasteiger charge is -2.32. The number of nitrogens with zero attached hydrogens (tertiary/aromatic N) is 5. The van der Waals surface area contributed by atoms with Crippen molar-refractivity contribution in [3.63, 3.8) is 0 Å². The van der Waals surface area contributed by atoms with Gasteiger partial charge in [-0.25, -0.2) is 4.98 Å². The fourth-order valence-corrected chi connectivity index (χ4v) is 3.41. The van der Waals surface area contributed by atoms with Crippen molar-refractivity contribution in [3.8, 4) is 0 Å². The zero-order chi connectivity index (χ0) is 17.2. The van der Waals surface area contributed by atoms with Gasteiger partial charge in [0.1, 0.15) is 5.82 Å². The monoisotopic (exact) mass is 339 g/mol. The smallest absolute Gasteiger partial charge is 0.227 e. The number of aryl methyl sites for hydroxylation is 1. The fourth-order valence-electron chi connectivity index (χ4n) is 3.41. The van der Waals surface area contributed by atoms with Gasteiger partial charge in [0.15, 0.2) is 0 Å². The number of nitrogens with one attached hydrogen (secondary N) is 1. The third-order valence-electron chi connectivity index (χ3n) is 5.00. The summed E-state index contributed by atoms with van der Waals surface area (Å²) in [5.41, 5.74) is 8.90. The molecule has 2 aromatic heterocycles. The summed E-state index contributed by atoms with van der Waals surface area (Å²) in [6, 6.07) is 2.38. The van der Waals surface area contributed by atoms with Gasteiger partial charge in [-0.1, -0.05) is 0 Å². The van der Waals surface area contributed by atoms with Crippen molar-refractivity contribution in [2.24, 2.45) is 5.73 Å². The molecule has 1 aliphatic carbocycles. The van der Waals surface area contributed by atoms with Crippen LogP contribution in [0.4, 0.5) is 11.8 Å². The molecule has 0 radical (unpaired) electrons. The molecule has 1 aliphatic heterocycles. The third-order valence-corrected chi connectivity index (χ3v) is 5.00. The first-order valence-electron chi connectivity index (χ1n) is 9.08. The van der Waals surface area contributed by atoms with E-state index in [2.05, 4.69) is 26.3 Å². The Hall–Kier alpha value is -2.28. The normalized spacial score (nSPS) is 22.7. The van der Waals surface area contributed by atoms with E-state index in [1.54, 1.807) is 12.4 Å². The Morgan fingerprint density at radius 3 is 2.64 bits per heavy atom. The quantitative estimate of drug-likeness (QED) is 0.860. The van der Waals surface area contributed by atoms with Gasteiger partial charge in [0, 0.05) is 37.3 Å². The first-order valence-corrected chi connectivity index (χ1v) is 9.08. The maximum absolute atomic E-state index is 5.97. The highest BCUT2D eigenvalue weighted by molar-refractivity contribution is 5.45. The summed E-state index contributed by atoms with van der Waals surface area (Å²) in [5, 5.41) is 3.39. The van der Waals surface area contributed by atoms with Crippen LogP contribution >= 0.6 is 0 Å². The average molecular weight is 339 g/mol. The summed E-state index contributed by atoms with van der Waals surface area (Å²) in [7, 11) is 0. The maximum atomic E-state index is 5.97. The number of rotatable bonds is 5. The van der Waals surface area contributed by atoms with E-state index in [9.17, 15) is 0 Å². The van der Waals surface area contributed by atoms with Crippen LogP contribution in [0.15, 0.2) is 18.5 Å². The highest BCUT2D eigenvalue weighted by Crippen LogP contribution is 2.36. The molecule has 0 spiro atoms. The summed E-state index contributed by atoms with van der Waals surface area (Å²) in [6.45, 7) is 4.62. The topological polar surface area (TPSA) is 92.8 Å². The van der Waals surface area contributed by atoms with Crippen molar-refractivity contribution in [2.45, 2.75) is 51.1 Å². The second kappa shape index (κ2) is 6.92. The lowest BCUT2D eigenvalue weighted by molar-refractivity contribution is 0.345. The van der Waals surface area contributed by atoms with Crippen LogP contribution < -0.4 is 16.0 Å². The standard InChI is InChI=1S/C18H25N7/c1-12-9-21-15(10-20-12)11-22-17-8-16(13-6-14(19)7-13)23-18(24-17)25-4-2-3-5-25/h8-10,13-14H,2-7,11,19H2,1H3,(H,22,23,24). The highest BCUT2D eigenvalue weighted by atomic mass is 15.3. The number of hydrogen-bond donors (Lipinski definition) is 2. The minimum atomic E-state index is 0.314. The second-order valence-corrected chi connectivity index (χ2v) is 7.10. The number of anilines is 2. The minimum absolute atomic E-state index is 0.314. The Labute approximate surface area is 148 Å². The van der Waals surface area contributed by atoms with Crippen molar-refractivity contribution in [2.75, 3.05) is 23.3 Å². The van der Waals surface area contributed by atoms with Gasteiger partial charge in [-0.3, -0.25) is 9.97 Å². The minimum Gasteiger partial charge on any atom is -0.364 e. The van der Waals surface area contributed by atoms with Crippen LogP contribution in [0.2, 0.25) is 0 Å². The van der Waals surface area contributed by atoms with Crippen molar-refractivity contribution < 1.29 is 0 Å². The van der Waals surface area contributed by atoms with E-state index < -0.39 is 0 Å². The largest absolute Gasteiger partial charge is 0.364 e. The van der Waals surface area contributed by atoms with Gasteiger partial charge >= 0.3 is 0 Å². The maximum Gasteiger partial charge on any atom is 0.227 e. The number of hydrogen-bond acceptors (Lipinski definition) is 7. The molecule has 3 N–H and O–H groups in total. The molecule has 0 atom stereocenters. The van der Waals surface area contributed by atoms with E-state index in [1.807, 2.05) is 6.92 Å². The fraction of sp³-hybridized carbons (Fsp3) is 0.556. The molecule has 7 nitrogen and oxygen atoms in total. The van der Waals surface area contributed by atoms with Gasteiger partial charge in [-0.2, -0.15) is 4.98 Å². The Bertz CT molecular complexity index is 719. The lowest BCUT2D eigenvalue weighted by Crippen LogP contribution is -2.35. The molecule has 7 heteroatoms. The van der Waals surface area contributed by atoms with Gasteiger partial charge in [0.05, 0.1) is 29.8 Å². The van der Waals surface area contributed by atoms with Gasteiger partial charge < -0.3 is 16.0 Å². The molecule has 0 unspecified atom stereocenters. The van der Waals surface area contributed by atoms with Gasteiger partial charge in [-0.15, -0.1) is 0 Å². The molecule has 4 rings (SSSR count). The molecular weight excluding hydrogens is 314 g/mol. The summed E-state index contributed by atoms with van der Waals surface area (Å²) in [4.78, 5) is 20.5. The molecule has 0 aromatic carbocycles. The first kappa shape index (κ1) is 16.2. The molecule has 132 valence electrons. The van der Waals surface area contributed by atoms with Crippen molar-refractivity contribution in [3.05, 3.63) is 35.5 Å². The summed E-state index contributed by atoms with van der Waals surface area (Å²) < 4.78 is 0. The van der Waals surface area contributed by atoms with E-state index in [0.29, 0.717) is 18.5 Å². The zero-order valence-corrected chi connectivity index (χ0v) is 14.6. The van der Waals surface area contributed by atoms with Crippen LogP contribution in [0.25, 0.3) is 0 Å². The van der Waals surface area contributed by atoms with Gasteiger partial charge in [-0.05, 0) is 32.6 Å². The average Bonchev–Trinajstić information content (AvgIpc) is 3.13. The number of nitrogens with two attached hydrogens (primary N) is 1. The first-order chi connectivity index (χ1) is 12.2. The lowest BCUT2D eigenvalue weighted by atomic mass is 9.78. The van der Waals surface area contributed by atoms with Crippen molar-refractivity contribution >= 4 is 11.8 Å². The molecule has 1 saturated heterocycles. The molecule has 25 heavy (non-hydrogen) atoms. The van der Waals surface area contributed by atoms with Crippen LogP contribution in [0.5, 0.6) is 0 Å². The van der Waals surface area contributed by atoms with E-state index in [0.717, 1.165) is 54.8 Å². The molecule has 2 aromatic rings. The molecule has 0 bridgehead atoms. The predicted molar refractivity (Wildman–Crippen MR) is 97.5 cm³/mol. The van der Waals surface area contributed by atoms with Crippen LogP contribution in [0.1, 0.15) is 48.7 Å². The Kier molecular flexibility index (Phi) is 4.48. The van der Waals surface area contributed by atoms with E-state index in [4.69, 9.17) is 15.7 Å². The van der Waals surface area contributed by atoms with Gasteiger partial charge in [0.2, 0.25) is 5.95 Å². The van der Waals surface area contributed by atoms with Gasteiger partial charge in [0.25, 0.3) is 0 Å². The highest BCUT2D eigenvalue weighted by Gasteiger charge is 2.30. The van der Waals surface area contributed by atoms with Crippen molar-refractivity contribution in [1.82, 2.24) is 19.9 Å². The molecular formula is C18H25N7. The van der Waals surface area contributed by atoms with Crippen LogP contribution in [0.3, 0.4) is 0 Å². The Morgan fingerprint density at radius 1 is 1.16 bits per heavy atom. The van der Waals surface area contributed by atoms with Crippen LogP contribution in [-0.4, -0.2) is 39.1 Å². The van der Waals surface area contributed by atoms with E-state index in [-0.39, 0.29) is 0 Å². The van der Waals surface area contributed by atoms with E-state index in [1.165, 1.54) is 12.8 Å². The molecule has 1 saturated carbocycles. The zero-order valence-electron chi connectivity index (χ0n) is 14.6. The SMILES string of the molecule is Cc1cnc(CNc2cc(C3CC(N)C3)nc(N3CCCC3)n2)cn1. The predicted octanol–water partition coefficient (Wildman–Crippen LogP) is 1.99. The summed E-state index contributed by atoms with van der Waals surface area (Å²) in [5.74, 6) is 2.15. The van der Waals surface area contributed by atoms with E-state index >= 15 is 0 Å².